The van der Waals surface area contributed by atoms with Gasteiger partial charge in [-0.15, -0.1) is 0 Å². The Morgan fingerprint density at radius 3 is 2.82 bits per heavy atom. The van der Waals surface area contributed by atoms with E-state index in [1.165, 1.54) is 6.33 Å². The second kappa shape index (κ2) is 5.46. The molecular formula is C11H8Br2N2O2. The highest BCUT2D eigenvalue weighted by molar-refractivity contribution is 9.10. The van der Waals surface area contributed by atoms with E-state index < -0.39 is 0 Å². The van der Waals surface area contributed by atoms with Crippen molar-refractivity contribution in [1.29, 1.82) is 0 Å². The van der Waals surface area contributed by atoms with Crippen LogP contribution >= 0.6 is 31.9 Å². The molecule has 1 aromatic carbocycles. The summed E-state index contributed by atoms with van der Waals surface area (Å²) in [5.74, 6) is 0.282. The number of H-pyrrole nitrogens is 1. The number of halogens is 2. The summed E-state index contributed by atoms with van der Waals surface area (Å²) < 4.78 is 6.73. The molecule has 0 amide bonds. The van der Waals surface area contributed by atoms with Gasteiger partial charge in [-0.05, 0) is 22.0 Å². The van der Waals surface area contributed by atoms with E-state index in [-0.39, 0.29) is 11.4 Å². The van der Waals surface area contributed by atoms with Crippen LogP contribution in [0.15, 0.2) is 44.3 Å². The second-order valence-electron chi connectivity index (χ2n) is 3.23. The summed E-state index contributed by atoms with van der Waals surface area (Å²) in [5, 5.41) is 0. The highest BCUT2D eigenvalue weighted by Gasteiger charge is 2.07. The van der Waals surface area contributed by atoms with Crippen molar-refractivity contribution in [2.24, 2.45) is 0 Å². The van der Waals surface area contributed by atoms with Crippen molar-refractivity contribution >= 4 is 31.9 Å². The Kier molecular flexibility index (Phi) is 3.96. The van der Waals surface area contributed by atoms with Crippen LogP contribution in [0.4, 0.5) is 0 Å². The van der Waals surface area contributed by atoms with Crippen LogP contribution in [0, 0.1) is 0 Å². The summed E-state index contributed by atoms with van der Waals surface area (Å²) in [7, 11) is 0. The molecule has 2 rings (SSSR count). The first-order valence-corrected chi connectivity index (χ1v) is 6.36. The minimum absolute atomic E-state index is 0.262. The van der Waals surface area contributed by atoms with Crippen molar-refractivity contribution in [3.8, 4) is 5.88 Å². The summed E-state index contributed by atoms with van der Waals surface area (Å²) in [6.07, 6.45) is 1.31. The average molecular weight is 360 g/mol. The zero-order valence-electron chi connectivity index (χ0n) is 8.61. The first kappa shape index (κ1) is 12.3. The smallest absolute Gasteiger partial charge is 0.268 e. The highest BCUT2D eigenvalue weighted by atomic mass is 79.9. The molecule has 0 saturated heterocycles. The fraction of sp³-hybridized carbons (Fsp3) is 0.0909. The topological polar surface area (TPSA) is 55.0 Å². The molecule has 1 heterocycles. The first-order valence-electron chi connectivity index (χ1n) is 4.78. The molecule has 1 N–H and O–H groups in total. The minimum atomic E-state index is -0.262. The largest absolute Gasteiger partial charge is 0.472 e. The van der Waals surface area contributed by atoms with Gasteiger partial charge in [-0.1, -0.05) is 34.1 Å². The molecule has 0 unspecified atom stereocenters. The monoisotopic (exact) mass is 358 g/mol. The molecule has 4 nitrogen and oxygen atoms in total. The number of ether oxygens (including phenoxy) is 1. The summed E-state index contributed by atoms with van der Waals surface area (Å²) in [5.41, 5.74) is 0.726. The molecule has 0 saturated carbocycles. The second-order valence-corrected chi connectivity index (χ2v) is 4.88. The molecule has 0 atom stereocenters. The Hall–Kier alpha value is -1.14. The molecule has 0 radical (unpaired) electrons. The van der Waals surface area contributed by atoms with E-state index >= 15 is 0 Å². The predicted molar refractivity (Wildman–Crippen MR) is 71.0 cm³/mol. The van der Waals surface area contributed by atoms with Gasteiger partial charge in [0.05, 0.1) is 6.33 Å². The molecule has 0 aliphatic rings. The lowest BCUT2D eigenvalue weighted by Crippen LogP contribution is -2.10. The summed E-state index contributed by atoms with van der Waals surface area (Å²) in [6.45, 7) is 0.344. The van der Waals surface area contributed by atoms with Crippen molar-refractivity contribution in [2.75, 3.05) is 0 Å². The lowest BCUT2D eigenvalue weighted by atomic mass is 10.2. The van der Waals surface area contributed by atoms with E-state index in [9.17, 15) is 4.79 Å². The van der Waals surface area contributed by atoms with Gasteiger partial charge in [0.1, 0.15) is 11.1 Å². The zero-order valence-corrected chi connectivity index (χ0v) is 11.8. The lowest BCUT2D eigenvalue weighted by molar-refractivity contribution is 0.290. The summed E-state index contributed by atoms with van der Waals surface area (Å²) >= 11 is 6.55. The average Bonchev–Trinajstić information content (AvgIpc) is 2.33. The van der Waals surface area contributed by atoms with E-state index in [2.05, 4.69) is 41.8 Å². The number of nitrogens with one attached hydrogen (secondary N) is 1. The Bertz CT molecular complexity index is 584. The van der Waals surface area contributed by atoms with E-state index in [1.54, 1.807) is 0 Å². The van der Waals surface area contributed by atoms with Crippen LogP contribution in [-0.4, -0.2) is 9.97 Å². The standard InChI is InChI=1S/C11H8Br2N2O2/c12-8-4-2-1-3-7(8)5-17-11-9(13)10(16)14-6-15-11/h1-4,6H,5H2,(H,14,15,16). The van der Waals surface area contributed by atoms with Crippen LogP contribution in [0.3, 0.4) is 0 Å². The van der Waals surface area contributed by atoms with Crippen LogP contribution in [0.5, 0.6) is 5.88 Å². The maximum atomic E-state index is 11.3. The van der Waals surface area contributed by atoms with Crippen molar-refractivity contribution in [3.63, 3.8) is 0 Å². The molecule has 0 aliphatic carbocycles. The lowest BCUT2D eigenvalue weighted by Gasteiger charge is -2.07. The van der Waals surface area contributed by atoms with E-state index in [0.29, 0.717) is 11.1 Å². The van der Waals surface area contributed by atoms with Crippen molar-refractivity contribution in [1.82, 2.24) is 9.97 Å². The van der Waals surface area contributed by atoms with Crippen LogP contribution in [-0.2, 0) is 6.61 Å². The third kappa shape index (κ3) is 2.95. The van der Waals surface area contributed by atoms with Gasteiger partial charge < -0.3 is 9.72 Å². The van der Waals surface area contributed by atoms with E-state index in [1.807, 2.05) is 24.3 Å². The van der Waals surface area contributed by atoms with Gasteiger partial charge >= 0.3 is 0 Å². The predicted octanol–water partition coefficient (Wildman–Crippen LogP) is 2.87. The molecule has 17 heavy (non-hydrogen) atoms. The van der Waals surface area contributed by atoms with E-state index in [0.717, 1.165) is 10.0 Å². The van der Waals surface area contributed by atoms with Gasteiger partial charge in [-0.25, -0.2) is 4.98 Å². The Labute approximate surface area is 114 Å². The number of benzene rings is 1. The number of hydrogen-bond acceptors (Lipinski definition) is 3. The molecule has 2 aromatic rings. The number of hydrogen-bond donors (Lipinski definition) is 1. The van der Waals surface area contributed by atoms with Gasteiger partial charge in [0.25, 0.3) is 5.56 Å². The zero-order chi connectivity index (χ0) is 12.3. The van der Waals surface area contributed by atoms with Crippen LogP contribution < -0.4 is 10.3 Å². The Balaban J connectivity index is 2.16. The number of aromatic amines is 1. The quantitative estimate of drug-likeness (QED) is 0.916. The molecule has 0 spiro atoms. The van der Waals surface area contributed by atoms with Gasteiger partial charge in [0, 0.05) is 10.0 Å². The van der Waals surface area contributed by atoms with Gasteiger partial charge in [-0.2, -0.15) is 0 Å². The number of rotatable bonds is 3. The number of nitrogens with zero attached hydrogens (tertiary/aromatic N) is 1. The third-order valence-corrected chi connectivity index (χ3v) is 3.56. The van der Waals surface area contributed by atoms with Crippen LogP contribution in [0.2, 0.25) is 0 Å². The fourth-order valence-electron chi connectivity index (χ4n) is 1.23. The van der Waals surface area contributed by atoms with Crippen LogP contribution in [0.1, 0.15) is 5.56 Å². The molecule has 0 fully saturated rings. The molecule has 6 heteroatoms. The van der Waals surface area contributed by atoms with Gasteiger partial charge in [0.2, 0.25) is 5.88 Å². The maximum Gasteiger partial charge on any atom is 0.268 e. The molecule has 88 valence electrons. The fourth-order valence-corrected chi connectivity index (χ4v) is 1.96. The van der Waals surface area contributed by atoms with Crippen molar-refractivity contribution in [2.45, 2.75) is 6.61 Å². The SMILES string of the molecule is O=c1[nH]cnc(OCc2ccccc2Br)c1Br. The van der Waals surface area contributed by atoms with E-state index in [4.69, 9.17) is 4.74 Å². The molecule has 1 aromatic heterocycles. The number of aromatic nitrogens is 2. The van der Waals surface area contributed by atoms with Gasteiger partial charge in [0.15, 0.2) is 0 Å². The Morgan fingerprint density at radius 2 is 2.06 bits per heavy atom. The van der Waals surface area contributed by atoms with Crippen LogP contribution in [0.25, 0.3) is 0 Å². The van der Waals surface area contributed by atoms with Crippen molar-refractivity contribution in [3.05, 3.63) is 55.5 Å². The minimum Gasteiger partial charge on any atom is -0.472 e. The first-order chi connectivity index (χ1) is 8.18. The summed E-state index contributed by atoms with van der Waals surface area (Å²) in [6, 6.07) is 7.71. The molecule has 0 bridgehead atoms. The van der Waals surface area contributed by atoms with Crippen molar-refractivity contribution < 1.29 is 4.74 Å². The molecular weight excluding hydrogens is 352 g/mol. The maximum absolute atomic E-state index is 11.3. The highest BCUT2D eigenvalue weighted by Crippen LogP contribution is 2.20. The van der Waals surface area contributed by atoms with Gasteiger partial charge in [-0.3, -0.25) is 4.79 Å². The molecule has 0 aliphatic heterocycles. The normalized spacial score (nSPS) is 10.2. The third-order valence-electron chi connectivity index (χ3n) is 2.09. The Morgan fingerprint density at radius 1 is 1.29 bits per heavy atom. The summed E-state index contributed by atoms with van der Waals surface area (Å²) in [4.78, 5) is 17.7.